The Bertz CT molecular complexity index is 304. The first-order chi connectivity index (χ1) is 9.30. The van der Waals surface area contributed by atoms with E-state index in [1.807, 2.05) is 0 Å². The number of carbonyl (C=O) groups excluding carboxylic acids is 1. The third-order valence-electron chi connectivity index (χ3n) is 5.39. The predicted octanol–water partition coefficient (Wildman–Crippen LogP) is 2.78. The fourth-order valence-electron chi connectivity index (χ4n) is 4.15. The minimum absolute atomic E-state index is 0.254. The number of nitrogens with zero attached hydrogens (tertiary/aromatic N) is 1. The second-order valence-corrected chi connectivity index (χ2v) is 6.80. The molecule has 1 aliphatic carbocycles. The molecule has 19 heavy (non-hydrogen) atoms. The number of piperidine rings is 1. The van der Waals surface area contributed by atoms with Gasteiger partial charge < -0.3 is 14.4 Å². The molecule has 0 aromatic rings. The van der Waals surface area contributed by atoms with Gasteiger partial charge in [0.05, 0.1) is 11.7 Å². The van der Waals surface area contributed by atoms with Crippen LogP contribution in [0.5, 0.6) is 0 Å². The van der Waals surface area contributed by atoms with Crippen LogP contribution < -0.4 is 0 Å². The number of likely N-dealkylation sites (tertiary alicyclic amines) is 1. The van der Waals surface area contributed by atoms with Crippen LogP contribution in [-0.2, 0) is 9.53 Å². The van der Waals surface area contributed by atoms with Crippen molar-refractivity contribution in [2.75, 3.05) is 19.6 Å². The average molecular weight is 265 g/mol. The van der Waals surface area contributed by atoms with Crippen LogP contribution in [0.1, 0.15) is 57.8 Å². The fourth-order valence-corrected chi connectivity index (χ4v) is 4.15. The first kappa shape index (κ1) is 13.6. The van der Waals surface area contributed by atoms with Gasteiger partial charge in [-0.1, -0.05) is 19.3 Å². The molecular formula is C16H27NO2. The smallest absolute Gasteiger partial charge is 0.123 e. The molecule has 2 saturated heterocycles. The number of hydrogen-bond acceptors (Lipinski definition) is 3. The predicted molar refractivity (Wildman–Crippen MR) is 75.2 cm³/mol. The van der Waals surface area contributed by atoms with Crippen molar-refractivity contribution in [2.24, 2.45) is 5.92 Å². The summed E-state index contributed by atoms with van der Waals surface area (Å²) in [5, 5.41) is 0. The molecular weight excluding hydrogens is 238 g/mol. The van der Waals surface area contributed by atoms with Crippen molar-refractivity contribution < 1.29 is 9.53 Å². The highest BCUT2D eigenvalue weighted by Crippen LogP contribution is 2.42. The summed E-state index contributed by atoms with van der Waals surface area (Å²) in [6, 6.07) is 0. The van der Waals surface area contributed by atoms with Crippen LogP contribution in [0, 0.1) is 5.92 Å². The van der Waals surface area contributed by atoms with Gasteiger partial charge in [-0.05, 0) is 51.6 Å². The van der Waals surface area contributed by atoms with E-state index in [4.69, 9.17) is 4.74 Å². The molecule has 2 aliphatic heterocycles. The van der Waals surface area contributed by atoms with Crippen LogP contribution in [-0.4, -0.2) is 42.5 Å². The summed E-state index contributed by atoms with van der Waals surface area (Å²) in [7, 11) is 0. The van der Waals surface area contributed by atoms with Gasteiger partial charge in [-0.15, -0.1) is 0 Å². The average Bonchev–Trinajstić information content (AvgIpc) is 2.83. The van der Waals surface area contributed by atoms with Crippen molar-refractivity contribution in [3.8, 4) is 0 Å². The van der Waals surface area contributed by atoms with Gasteiger partial charge in [0.1, 0.15) is 6.29 Å². The largest absolute Gasteiger partial charge is 0.370 e. The highest BCUT2D eigenvalue weighted by atomic mass is 16.5. The Morgan fingerprint density at radius 1 is 1.05 bits per heavy atom. The number of rotatable bonds is 3. The number of ether oxygens (including phenoxy) is 1. The third kappa shape index (κ3) is 3.19. The van der Waals surface area contributed by atoms with E-state index < -0.39 is 0 Å². The Morgan fingerprint density at radius 3 is 2.47 bits per heavy atom. The molecule has 0 aromatic heterocycles. The van der Waals surface area contributed by atoms with Gasteiger partial charge in [-0.2, -0.15) is 0 Å². The second kappa shape index (κ2) is 5.92. The van der Waals surface area contributed by atoms with Gasteiger partial charge in [0, 0.05) is 12.5 Å². The highest BCUT2D eigenvalue weighted by Gasteiger charge is 2.41. The van der Waals surface area contributed by atoms with E-state index in [0.717, 1.165) is 38.8 Å². The van der Waals surface area contributed by atoms with E-state index in [1.54, 1.807) is 0 Å². The number of hydrogen-bond donors (Lipinski definition) is 0. The zero-order valence-electron chi connectivity index (χ0n) is 12.0. The van der Waals surface area contributed by atoms with E-state index in [0.29, 0.717) is 12.0 Å². The lowest BCUT2D eigenvalue weighted by Gasteiger charge is -2.35. The molecule has 3 rings (SSSR count). The van der Waals surface area contributed by atoms with Gasteiger partial charge in [0.2, 0.25) is 0 Å². The van der Waals surface area contributed by atoms with E-state index in [2.05, 4.69) is 4.90 Å². The van der Waals surface area contributed by atoms with Crippen molar-refractivity contribution in [2.45, 2.75) is 69.5 Å². The number of aldehydes is 1. The maximum Gasteiger partial charge on any atom is 0.123 e. The minimum atomic E-state index is 0.254. The van der Waals surface area contributed by atoms with Gasteiger partial charge in [-0.3, -0.25) is 0 Å². The highest BCUT2D eigenvalue weighted by molar-refractivity contribution is 5.53. The zero-order valence-corrected chi connectivity index (χ0v) is 12.0. The van der Waals surface area contributed by atoms with Crippen LogP contribution in [0.2, 0.25) is 0 Å². The van der Waals surface area contributed by atoms with Crippen LogP contribution in [0.4, 0.5) is 0 Å². The lowest BCUT2D eigenvalue weighted by molar-refractivity contribution is -0.112. The van der Waals surface area contributed by atoms with Gasteiger partial charge in [0.25, 0.3) is 0 Å². The Hall–Kier alpha value is -0.410. The molecule has 3 heteroatoms. The lowest BCUT2D eigenvalue weighted by Crippen LogP contribution is -2.40. The molecule has 0 amide bonds. The van der Waals surface area contributed by atoms with Crippen LogP contribution in [0.3, 0.4) is 0 Å². The maximum atomic E-state index is 10.8. The molecule has 0 bridgehead atoms. The molecule has 1 spiro atoms. The quantitative estimate of drug-likeness (QED) is 0.735. The first-order valence-electron chi connectivity index (χ1n) is 8.15. The molecule has 3 nitrogen and oxygen atoms in total. The summed E-state index contributed by atoms with van der Waals surface area (Å²) in [6.45, 7) is 3.25. The molecule has 3 fully saturated rings. The first-order valence-corrected chi connectivity index (χ1v) is 8.15. The van der Waals surface area contributed by atoms with Crippen molar-refractivity contribution in [1.29, 1.82) is 0 Å². The Kier molecular flexibility index (Phi) is 4.23. The monoisotopic (exact) mass is 265 g/mol. The molecule has 2 heterocycles. The van der Waals surface area contributed by atoms with Gasteiger partial charge in [0.15, 0.2) is 0 Å². The normalized spacial score (nSPS) is 32.7. The van der Waals surface area contributed by atoms with Gasteiger partial charge in [-0.25, -0.2) is 0 Å². The van der Waals surface area contributed by atoms with E-state index in [1.165, 1.54) is 44.9 Å². The molecule has 0 radical (unpaired) electrons. The van der Waals surface area contributed by atoms with Crippen molar-refractivity contribution >= 4 is 6.29 Å². The summed E-state index contributed by atoms with van der Waals surface area (Å²) >= 11 is 0. The Labute approximate surface area is 116 Å². The zero-order chi connectivity index (χ0) is 13.1. The van der Waals surface area contributed by atoms with Gasteiger partial charge >= 0.3 is 0 Å². The Morgan fingerprint density at radius 2 is 1.79 bits per heavy atom. The summed E-state index contributed by atoms with van der Waals surface area (Å²) in [5.41, 5.74) is 0.254. The minimum Gasteiger partial charge on any atom is -0.370 e. The molecule has 3 aliphatic rings. The van der Waals surface area contributed by atoms with E-state index in [-0.39, 0.29) is 5.60 Å². The SMILES string of the molecule is O=CC1CCN(CC2CCC3(CCCCC3)O2)CC1. The molecule has 1 saturated carbocycles. The van der Waals surface area contributed by atoms with Crippen LogP contribution >= 0.6 is 0 Å². The lowest BCUT2D eigenvalue weighted by atomic mass is 9.83. The van der Waals surface area contributed by atoms with Crippen molar-refractivity contribution in [1.82, 2.24) is 4.90 Å². The van der Waals surface area contributed by atoms with Crippen LogP contribution in [0.25, 0.3) is 0 Å². The van der Waals surface area contributed by atoms with Crippen molar-refractivity contribution in [3.63, 3.8) is 0 Å². The fraction of sp³-hybridized carbons (Fsp3) is 0.938. The molecule has 1 atom stereocenters. The molecule has 108 valence electrons. The molecule has 0 aromatic carbocycles. The number of carbonyl (C=O) groups is 1. The van der Waals surface area contributed by atoms with E-state index in [9.17, 15) is 4.79 Å². The summed E-state index contributed by atoms with van der Waals surface area (Å²) in [5.74, 6) is 0.311. The maximum absolute atomic E-state index is 10.8. The summed E-state index contributed by atoms with van der Waals surface area (Å²) in [4.78, 5) is 13.3. The van der Waals surface area contributed by atoms with E-state index >= 15 is 0 Å². The second-order valence-electron chi connectivity index (χ2n) is 6.80. The van der Waals surface area contributed by atoms with Crippen LogP contribution in [0.15, 0.2) is 0 Å². The topological polar surface area (TPSA) is 29.5 Å². The Balaban J connectivity index is 1.45. The third-order valence-corrected chi connectivity index (χ3v) is 5.39. The summed E-state index contributed by atoms with van der Waals surface area (Å²) in [6.07, 6.45) is 12.9. The molecule has 1 unspecified atom stereocenters. The van der Waals surface area contributed by atoms with Crippen molar-refractivity contribution in [3.05, 3.63) is 0 Å². The standard InChI is InChI=1S/C16H27NO2/c18-13-14-5-10-17(11-6-14)12-15-4-9-16(19-15)7-2-1-3-8-16/h13-15H,1-12H2. The summed E-state index contributed by atoms with van der Waals surface area (Å²) < 4.78 is 6.43. The molecule has 0 N–H and O–H groups in total.